The van der Waals surface area contributed by atoms with Gasteiger partial charge in [-0.05, 0) is 44.4 Å². The van der Waals surface area contributed by atoms with Gasteiger partial charge in [-0.1, -0.05) is 30.3 Å². The van der Waals surface area contributed by atoms with E-state index in [1.165, 1.54) is 43.9 Å². The first-order chi connectivity index (χ1) is 11.4. The van der Waals surface area contributed by atoms with Gasteiger partial charge in [0.1, 0.15) is 4.75 Å². The fourth-order valence-electron chi connectivity index (χ4n) is 2.29. The Bertz CT molecular complexity index is 772. The molecule has 0 unspecified atom stereocenters. The van der Waals surface area contributed by atoms with Crippen LogP contribution in [0.15, 0.2) is 59.8 Å². The maximum Gasteiger partial charge on any atom is 0.241 e. The number of benzene rings is 1. The van der Waals surface area contributed by atoms with Gasteiger partial charge in [-0.2, -0.15) is 0 Å². The number of sulfone groups is 1. The van der Waals surface area contributed by atoms with Gasteiger partial charge in [-0.25, -0.2) is 8.42 Å². The quantitative estimate of drug-likeness (QED) is 0.781. The van der Waals surface area contributed by atoms with E-state index in [9.17, 15) is 13.2 Å². The molecule has 2 rings (SSSR count). The van der Waals surface area contributed by atoms with Gasteiger partial charge in [0.15, 0.2) is 9.84 Å². The summed E-state index contributed by atoms with van der Waals surface area (Å²) in [5.74, 6) is -0.493. The number of rotatable bonds is 7. The minimum atomic E-state index is -3.78. The zero-order valence-corrected chi connectivity index (χ0v) is 14.7. The highest BCUT2D eigenvalue weighted by atomic mass is 32.2. The van der Waals surface area contributed by atoms with Crippen LogP contribution in [0.4, 0.5) is 0 Å². The second kappa shape index (κ2) is 7.57. The van der Waals surface area contributed by atoms with Crippen molar-refractivity contribution in [3.8, 4) is 0 Å². The number of pyridine rings is 1. The molecule has 1 amide bonds. The first-order valence-corrected chi connectivity index (χ1v) is 9.31. The number of nitrogens with zero attached hydrogens (tertiary/aromatic N) is 1. The van der Waals surface area contributed by atoms with E-state index in [2.05, 4.69) is 10.3 Å². The highest BCUT2D eigenvalue weighted by Crippen LogP contribution is 2.25. The summed E-state index contributed by atoms with van der Waals surface area (Å²) in [6.07, 6.45) is 4.39. The molecule has 24 heavy (non-hydrogen) atoms. The van der Waals surface area contributed by atoms with Gasteiger partial charge >= 0.3 is 0 Å². The Morgan fingerprint density at radius 1 is 1.08 bits per heavy atom. The van der Waals surface area contributed by atoms with E-state index in [1.54, 1.807) is 0 Å². The summed E-state index contributed by atoms with van der Waals surface area (Å²) in [7, 11) is -3.78. The number of carbonyl (C=O) groups excluding carboxylic acids is 1. The van der Waals surface area contributed by atoms with Crippen molar-refractivity contribution in [1.82, 2.24) is 10.3 Å². The fraction of sp³-hybridized carbons (Fsp3) is 0.333. The van der Waals surface area contributed by atoms with E-state index in [0.29, 0.717) is 6.54 Å². The summed E-state index contributed by atoms with van der Waals surface area (Å²) in [6.45, 7) is 3.29. The van der Waals surface area contributed by atoms with Crippen molar-refractivity contribution in [2.24, 2.45) is 0 Å². The molecule has 0 spiro atoms. The zero-order valence-electron chi connectivity index (χ0n) is 13.9. The van der Waals surface area contributed by atoms with Crippen molar-refractivity contribution in [3.05, 3.63) is 60.4 Å². The Balaban J connectivity index is 1.95. The van der Waals surface area contributed by atoms with Crippen LogP contribution >= 0.6 is 0 Å². The predicted molar refractivity (Wildman–Crippen MR) is 93.3 cm³/mol. The molecule has 6 heteroatoms. The molecule has 128 valence electrons. The molecule has 0 aliphatic rings. The number of carbonyl (C=O) groups is 1. The minimum Gasteiger partial charge on any atom is -0.355 e. The van der Waals surface area contributed by atoms with Crippen molar-refractivity contribution in [2.75, 3.05) is 6.54 Å². The molecule has 0 saturated heterocycles. The number of aryl methyl sites for hydroxylation is 1. The van der Waals surface area contributed by atoms with Crippen molar-refractivity contribution in [2.45, 2.75) is 36.3 Å². The van der Waals surface area contributed by atoms with Crippen LogP contribution in [0, 0.1) is 0 Å². The van der Waals surface area contributed by atoms with Crippen molar-refractivity contribution < 1.29 is 13.2 Å². The lowest BCUT2D eigenvalue weighted by atomic mass is 10.1. The Labute approximate surface area is 143 Å². The van der Waals surface area contributed by atoms with Crippen molar-refractivity contribution in [1.29, 1.82) is 0 Å². The third-order valence-electron chi connectivity index (χ3n) is 3.95. The third kappa shape index (κ3) is 4.00. The first-order valence-electron chi connectivity index (χ1n) is 7.82. The van der Waals surface area contributed by atoms with Crippen LogP contribution in [-0.4, -0.2) is 30.6 Å². The maximum atomic E-state index is 12.7. The summed E-state index contributed by atoms with van der Waals surface area (Å²) in [4.78, 5) is 16.3. The molecular formula is C18H22N2O3S. The fourth-order valence-corrected chi connectivity index (χ4v) is 3.67. The van der Waals surface area contributed by atoms with E-state index in [0.717, 1.165) is 12.8 Å². The SMILES string of the molecule is CC(C)(C(=O)NCCCc1ccccc1)S(=O)(=O)c1ccncc1. The Kier molecular flexibility index (Phi) is 5.72. The molecule has 0 fully saturated rings. The van der Waals surface area contributed by atoms with Gasteiger partial charge in [-0.3, -0.25) is 9.78 Å². The number of hydrogen-bond acceptors (Lipinski definition) is 4. The highest BCUT2D eigenvalue weighted by molar-refractivity contribution is 7.93. The van der Waals surface area contributed by atoms with Crippen LogP contribution in [-0.2, 0) is 21.1 Å². The molecule has 1 N–H and O–H groups in total. The van der Waals surface area contributed by atoms with Gasteiger partial charge in [0.2, 0.25) is 5.91 Å². The Morgan fingerprint density at radius 2 is 1.71 bits per heavy atom. The maximum absolute atomic E-state index is 12.7. The van der Waals surface area contributed by atoms with Gasteiger partial charge in [0.25, 0.3) is 0 Å². The van der Waals surface area contributed by atoms with Crippen molar-refractivity contribution in [3.63, 3.8) is 0 Å². The molecule has 0 radical (unpaired) electrons. The minimum absolute atomic E-state index is 0.0990. The third-order valence-corrected chi connectivity index (χ3v) is 6.37. The molecule has 0 aliphatic heterocycles. The van der Waals surface area contributed by atoms with E-state index in [-0.39, 0.29) is 4.90 Å². The van der Waals surface area contributed by atoms with Gasteiger partial charge in [-0.15, -0.1) is 0 Å². The van der Waals surface area contributed by atoms with Gasteiger partial charge in [0.05, 0.1) is 4.90 Å². The summed E-state index contributed by atoms with van der Waals surface area (Å²) < 4.78 is 23.8. The van der Waals surface area contributed by atoms with Crippen molar-refractivity contribution >= 4 is 15.7 Å². The first kappa shape index (κ1) is 18.1. The van der Waals surface area contributed by atoms with Crippen LogP contribution in [0.1, 0.15) is 25.8 Å². The van der Waals surface area contributed by atoms with E-state index in [4.69, 9.17) is 0 Å². The van der Waals surface area contributed by atoms with E-state index >= 15 is 0 Å². The number of nitrogens with one attached hydrogen (secondary N) is 1. The molecule has 1 aromatic carbocycles. The molecule has 0 saturated carbocycles. The molecule has 1 aromatic heterocycles. The molecule has 0 bridgehead atoms. The standard InChI is InChI=1S/C18H22N2O3S/c1-18(2,24(22,23)16-10-13-19-14-11-16)17(21)20-12-6-9-15-7-4-3-5-8-15/h3-5,7-8,10-11,13-14H,6,9,12H2,1-2H3,(H,20,21). The molecular weight excluding hydrogens is 324 g/mol. The highest BCUT2D eigenvalue weighted by Gasteiger charge is 2.42. The second-order valence-electron chi connectivity index (χ2n) is 6.04. The summed E-state index contributed by atoms with van der Waals surface area (Å²) >= 11 is 0. The topological polar surface area (TPSA) is 76.1 Å². The number of hydrogen-bond donors (Lipinski definition) is 1. The number of amides is 1. The van der Waals surface area contributed by atoms with Crippen LogP contribution in [0.25, 0.3) is 0 Å². The summed E-state index contributed by atoms with van der Waals surface area (Å²) in [6, 6.07) is 12.8. The van der Waals surface area contributed by atoms with Crippen LogP contribution < -0.4 is 5.32 Å². The van der Waals surface area contributed by atoms with Crippen LogP contribution in [0.2, 0.25) is 0 Å². The average Bonchev–Trinajstić information content (AvgIpc) is 2.60. The van der Waals surface area contributed by atoms with Gasteiger partial charge in [0, 0.05) is 18.9 Å². The zero-order chi connectivity index (χ0) is 17.6. The predicted octanol–water partition coefficient (Wildman–Crippen LogP) is 2.38. The summed E-state index contributed by atoms with van der Waals surface area (Å²) in [5, 5.41) is 2.74. The second-order valence-corrected chi connectivity index (χ2v) is 8.54. The Morgan fingerprint density at radius 3 is 2.33 bits per heavy atom. The molecule has 0 atom stereocenters. The molecule has 0 aliphatic carbocycles. The van der Waals surface area contributed by atoms with Crippen LogP contribution in [0.5, 0.6) is 0 Å². The Hall–Kier alpha value is -2.21. The number of aromatic nitrogens is 1. The lowest BCUT2D eigenvalue weighted by Gasteiger charge is -2.23. The normalized spacial score (nSPS) is 11.9. The van der Waals surface area contributed by atoms with Gasteiger partial charge < -0.3 is 5.32 Å². The monoisotopic (exact) mass is 346 g/mol. The lowest BCUT2D eigenvalue weighted by molar-refractivity contribution is -0.122. The van der Waals surface area contributed by atoms with E-state index < -0.39 is 20.5 Å². The molecule has 2 aromatic rings. The van der Waals surface area contributed by atoms with E-state index in [1.807, 2.05) is 30.3 Å². The average molecular weight is 346 g/mol. The molecule has 5 nitrogen and oxygen atoms in total. The largest absolute Gasteiger partial charge is 0.355 e. The van der Waals surface area contributed by atoms with Crippen LogP contribution in [0.3, 0.4) is 0 Å². The molecule has 1 heterocycles. The smallest absolute Gasteiger partial charge is 0.241 e. The lowest BCUT2D eigenvalue weighted by Crippen LogP contribution is -2.48. The summed E-state index contributed by atoms with van der Waals surface area (Å²) in [5.41, 5.74) is 1.19.